The molecule has 1 aromatic heterocycles. The number of aryl methyl sites for hydroxylation is 1. The summed E-state index contributed by atoms with van der Waals surface area (Å²) < 4.78 is 2.45. The lowest BCUT2D eigenvalue weighted by Gasteiger charge is -2.31. The van der Waals surface area contributed by atoms with Crippen LogP contribution in [0, 0.1) is 0 Å². The molecule has 0 N–H and O–H groups in total. The van der Waals surface area contributed by atoms with Gasteiger partial charge in [-0.25, -0.2) is 0 Å². The second-order valence-corrected chi connectivity index (χ2v) is 11.2. The fourth-order valence-corrected chi connectivity index (χ4v) is 7.73. The van der Waals surface area contributed by atoms with Crippen LogP contribution < -0.4 is 0 Å². The van der Waals surface area contributed by atoms with Gasteiger partial charge in [-0.05, 0) is 80.8 Å². The molecule has 0 saturated carbocycles. The molecule has 2 aliphatic carbocycles. The van der Waals surface area contributed by atoms with Gasteiger partial charge in [0.2, 0.25) is 0 Å². The van der Waals surface area contributed by atoms with Gasteiger partial charge in [0.05, 0.1) is 16.4 Å². The van der Waals surface area contributed by atoms with Crippen molar-refractivity contribution in [1.82, 2.24) is 4.57 Å². The van der Waals surface area contributed by atoms with Crippen molar-refractivity contribution >= 4 is 21.8 Å². The highest BCUT2D eigenvalue weighted by Gasteiger charge is 2.51. The molecule has 0 amide bonds. The Balaban J connectivity index is 1.43. The maximum absolute atomic E-state index is 2.48. The summed E-state index contributed by atoms with van der Waals surface area (Å²) in [5.74, 6) is 0. The smallest absolute Gasteiger partial charge is 0.0726 e. The van der Waals surface area contributed by atoms with Gasteiger partial charge in [0, 0.05) is 16.5 Å². The molecule has 0 saturated heterocycles. The Kier molecular flexibility index (Phi) is 4.31. The lowest BCUT2D eigenvalue weighted by molar-refractivity contribution is 0.790. The molecule has 0 radical (unpaired) electrons. The molecule has 0 bridgehead atoms. The topological polar surface area (TPSA) is 4.93 Å². The Bertz CT molecular complexity index is 2090. The summed E-state index contributed by atoms with van der Waals surface area (Å²) in [5.41, 5.74) is 15.7. The first-order valence-corrected chi connectivity index (χ1v) is 14.3. The summed E-state index contributed by atoms with van der Waals surface area (Å²) >= 11 is 0. The number of benzene rings is 6. The van der Waals surface area contributed by atoms with E-state index in [0.29, 0.717) is 0 Å². The van der Waals surface area contributed by atoms with Crippen molar-refractivity contribution in [3.63, 3.8) is 0 Å². The standard InChI is InChI=1S/C39H27N/c1-2-25-19-21-29-27-11-3-7-15-33(27)39(35(29)23-25)34-16-8-4-12-28(34)30-22-20-26(24-36(30)39)40-37-17-9-5-13-31(37)32-14-6-10-18-38(32)40/h3-24H,2H2,1H3. The van der Waals surface area contributed by atoms with Crippen molar-refractivity contribution in [2.45, 2.75) is 18.8 Å². The molecule has 1 nitrogen and oxygen atoms in total. The van der Waals surface area contributed by atoms with Crippen molar-refractivity contribution in [1.29, 1.82) is 0 Å². The highest BCUT2D eigenvalue weighted by molar-refractivity contribution is 6.09. The third kappa shape index (κ3) is 2.58. The average Bonchev–Trinajstić information content (AvgIpc) is 3.62. The molecule has 1 spiro atoms. The zero-order valence-electron chi connectivity index (χ0n) is 22.4. The molecule has 2 aliphatic rings. The number of hydrogen-bond donors (Lipinski definition) is 0. The van der Waals surface area contributed by atoms with Gasteiger partial charge in [0.15, 0.2) is 0 Å². The highest BCUT2D eigenvalue weighted by atomic mass is 15.0. The van der Waals surface area contributed by atoms with Crippen LogP contribution in [0.1, 0.15) is 34.7 Å². The van der Waals surface area contributed by atoms with Crippen molar-refractivity contribution in [3.8, 4) is 27.9 Å². The molecule has 1 atom stereocenters. The first-order valence-electron chi connectivity index (χ1n) is 14.3. The molecule has 40 heavy (non-hydrogen) atoms. The van der Waals surface area contributed by atoms with Gasteiger partial charge in [-0.2, -0.15) is 0 Å². The van der Waals surface area contributed by atoms with Crippen LogP contribution in [0.25, 0.3) is 49.7 Å². The zero-order valence-corrected chi connectivity index (χ0v) is 22.4. The molecular weight excluding hydrogens is 482 g/mol. The molecule has 0 fully saturated rings. The first-order chi connectivity index (χ1) is 19.8. The van der Waals surface area contributed by atoms with E-state index in [-0.39, 0.29) is 5.41 Å². The molecular formula is C39H27N. The van der Waals surface area contributed by atoms with Gasteiger partial charge in [-0.15, -0.1) is 0 Å². The van der Waals surface area contributed by atoms with Gasteiger partial charge in [-0.3, -0.25) is 0 Å². The molecule has 9 rings (SSSR count). The number of hydrogen-bond acceptors (Lipinski definition) is 0. The van der Waals surface area contributed by atoms with Gasteiger partial charge in [-0.1, -0.05) is 116 Å². The van der Waals surface area contributed by atoms with Crippen LogP contribution in [0.4, 0.5) is 0 Å². The Morgan fingerprint density at radius 2 is 0.975 bits per heavy atom. The predicted octanol–water partition coefficient (Wildman–Crippen LogP) is 9.69. The zero-order chi connectivity index (χ0) is 26.4. The molecule has 188 valence electrons. The Labute approximate surface area is 234 Å². The maximum Gasteiger partial charge on any atom is 0.0726 e. The van der Waals surface area contributed by atoms with E-state index in [0.717, 1.165) is 6.42 Å². The summed E-state index contributed by atoms with van der Waals surface area (Å²) in [6.07, 6.45) is 1.02. The van der Waals surface area contributed by atoms with Crippen LogP contribution in [0.3, 0.4) is 0 Å². The minimum atomic E-state index is -0.336. The molecule has 1 heteroatoms. The first kappa shape index (κ1) is 22.0. The van der Waals surface area contributed by atoms with Crippen LogP contribution in [-0.4, -0.2) is 4.57 Å². The number of para-hydroxylation sites is 2. The summed E-state index contributed by atoms with van der Waals surface area (Å²) in [6.45, 7) is 2.26. The number of rotatable bonds is 2. The summed E-state index contributed by atoms with van der Waals surface area (Å²) in [4.78, 5) is 0. The third-order valence-corrected chi connectivity index (χ3v) is 9.38. The minimum Gasteiger partial charge on any atom is -0.309 e. The Hall–Kier alpha value is -4.88. The van der Waals surface area contributed by atoms with E-state index in [9.17, 15) is 0 Å². The van der Waals surface area contributed by atoms with E-state index in [4.69, 9.17) is 0 Å². The largest absolute Gasteiger partial charge is 0.309 e. The quantitative estimate of drug-likeness (QED) is 0.219. The molecule has 0 aliphatic heterocycles. The summed E-state index contributed by atoms with van der Waals surface area (Å²) in [6, 6.07) is 50.0. The van der Waals surface area contributed by atoms with E-state index in [1.807, 2.05) is 0 Å². The van der Waals surface area contributed by atoms with Crippen LogP contribution in [-0.2, 0) is 11.8 Å². The van der Waals surface area contributed by atoms with E-state index in [1.165, 1.54) is 77.6 Å². The monoisotopic (exact) mass is 509 g/mol. The fraction of sp³-hybridized carbons (Fsp3) is 0.0769. The second-order valence-electron chi connectivity index (χ2n) is 11.2. The van der Waals surface area contributed by atoms with Gasteiger partial charge in [0.1, 0.15) is 0 Å². The second kappa shape index (κ2) is 7.83. The maximum atomic E-state index is 2.48. The van der Waals surface area contributed by atoms with Gasteiger partial charge >= 0.3 is 0 Å². The van der Waals surface area contributed by atoms with Crippen molar-refractivity contribution < 1.29 is 0 Å². The van der Waals surface area contributed by atoms with Gasteiger partial charge < -0.3 is 4.57 Å². The van der Waals surface area contributed by atoms with Crippen molar-refractivity contribution in [2.24, 2.45) is 0 Å². The normalized spacial score (nSPS) is 16.3. The SMILES string of the molecule is CCc1ccc2c(c1)C1(c3ccccc3-2)c2ccccc2-c2ccc(-n3c4ccccc4c4ccccc43)cc21. The van der Waals surface area contributed by atoms with Crippen LogP contribution in [0.15, 0.2) is 133 Å². The van der Waals surface area contributed by atoms with E-state index >= 15 is 0 Å². The van der Waals surface area contributed by atoms with E-state index in [1.54, 1.807) is 0 Å². The molecule has 1 heterocycles. The summed E-state index contributed by atoms with van der Waals surface area (Å²) in [5, 5.41) is 2.58. The van der Waals surface area contributed by atoms with Gasteiger partial charge in [0.25, 0.3) is 0 Å². The molecule has 7 aromatic rings. The van der Waals surface area contributed by atoms with Crippen molar-refractivity contribution in [2.75, 3.05) is 0 Å². The molecule has 1 unspecified atom stereocenters. The van der Waals surface area contributed by atoms with Crippen LogP contribution in [0.5, 0.6) is 0 Å². The molecule has 6 aromatic carbocycles. The Morgan fingerprint density at radius 1 is 0.475 bits per heavy atom. The lowest BCUT2D eigenvalue weighted by Crippen LogP contribution is -2.26. The number of aromatic nitrogens is 1. The average molecular weight is 510 g/mol. The number of fused-ring (bicyclic) bond motifs is 13. The van der Waals surface area contributed by atoms with Crippen LogP contribution in [0.2, 0.25) is 0 Å². The third-order valence-electron chi connectivity index (χ3n) is 9.38. The number of nitrogens with zero attached hydrogens (tertiary/aromatic N) is 1. The van der Waals surface area contributed by atoms with Crippen LogP contribution >= 0.6 is 0 Å². The summed E-state index contributed by atoms with van der Waals surface area (Å²) in [7, 11) is 0. The Morgan fingerprint density at radius 3 is 1.60 bits per heavy atom. The fourth-order valence-electron chi connectivity index (χ4n) is 7.73. The lowest BCUT2D eigenvalue weighted by atomic mass is 9.70. The van der Waals surface area contributed by atoms with E-state index in [2.05, 4.69) is 145 Å². The highest BCUT2D eigenvalue weighted by Crippen LogP contribution is 2.63. The van der Waals surface area contributed by atoms with E-state index < -0.39 is 0 Å². The minimum absolute atomic E-state index is 0.336. The van der Waals surface area contributed by atoms with Crippen molar-refractivity contribution in [3.05, 3.63) is 161 Å². The predicted molar refractivity (Wildman–Crippen MR) is 166 cm³/mol.